The largest absolute Gasteiger partial charge is 0.494 e. The van der Waals surface area contributed by atoms with E-state index in [0.29, 0.717) is 24.2 Å². The summed E-state index contributed by atoms with van der Waals surface area (Å²) >= 11 is 0. The number of ether oxygens (including phenoxy) is 1. The fourth-order valence-corrected chi connectivity index (χ4v) is 3.19. The van der Waals surface area contributed by atoms with Gasteiger partial charge >= 0.3 is 6.03 Å². The summed E-state index contributed by atoms with van der Waals surface area (Å²) in [5.41, 5.74) is 2.39. The zero-order chi connectivity index (χ0) is 20.3. The Bertz CT molecular complexity index is 946. The Hall–Kier alpha value is -3.33. The molecular weight excluding hydrogens is 354 g/mol. The van der Waals surface area contributed by atoms with Crippen LogP contribution in [0.25, 0.3) is 0 Å². The number of rotatable bonds is 6. The van der Waals surface area contributed by atoms with Gasteiger partial charge in [-0.3, -0.25) is 9.69 Å². The van der Waals surface area contributed by atoms with Crippen LogP contribution in [0.3, 0.4) is 0 Å². The van der Waals surface area contributed by atoms with Crippen LogP contribution in [0.2, 0.25) is 0 Å². The highest BCUT2D eigenvalue weighted by Crippen LogP contribution is 2.29. The molecular formula is C22H23N3O3. The minimum atomic E-state index is -1.13. The van der Waals surface area contributed by atoms with E-state index in [9.17, 15) is 9.59 Å². The number of nitriles is 1. The van der Waals surface area contributed by atoms with Crippen molar-refractivity contribution < 1.29 is 14.3 Å². The predicted octanol–water partition coefficient (Wildman–Crippen LogP) is 3.41. The number of carbonyl (C=O) groups is 2. The molecule has 1 aliphatic heterocycles. The highest BCUT2D eigenvalue weighted by molar-refractivity contribution is 6.07. The van der Waals surface area contributed by atoms with Crippen LogP contribution in [0.1, 0.15) is 35.6 Å². The molecule has 1 unspecified atom stereocenters. The molecule has 1 fully saturated rings. The van der Waals surface area contributed by atoms with E-state index in [0.717, 1.165) is 11.3 Å². The molecule has 1 atom stereocenters. The van der Waals surface area contributed by atoms with Gasteiger partial charge in [0.25, 0.3) is 5.91 Å². The van der Waals surface area contributed by atoms with Crippen molar-refractivity contribution in [2.45, 2.75) is 32.7 Å². The Balaban J connectivity index is 1.60. The molecule has 28 heavy (non-hydrogen) atoms. The van der Waals surface area contributed by atoms with E-state index < -0.39 is 11.6 Å². The van der Waals surface area contributed by atoms with Crippen molar-refractivity contribution in [3.8, 4) is 11.8 Å². The first-order chi connectivity index (χ1) is 13.3. The average molecular weight is 377 g/mol. The number of hydrogen-bond donors (Lipinski definition) is 1. The molecule has 1 N–H and O–H groups in total. The average Bonchev–Trinajstić information content (AvgIpc) is 2.91. The molecule has 2 aromatic carbocycles. The fraction of sp³-hybridized carbons (Fsp3) is 0.318. The maximum Gasteiger partial charge on any atom is 0.325 e. The van der Waals surface area contributed by atoms with Crippen molar-refractivity contribution in [3.05, 3.63) is 64.7 Å². The van der Waals surface area contributed by atoms with Gasteiger partial charge in [-0.15, -0.1) is 0 Å². The van der Waals surface area contributed by atoms with Gasteiger partial charge in [0, 0.05) is 6.54 Å². The minimum Gasteiger partial charge on any atom is -0.494 e. The lowest BCUT2D eigenvalue weighted by Crippen LogP contribution is -2.41. The molecule has 0 saturated carbocycles. The van der Waals surface area contributed by atoms with Gasteiger partial charge in [-0.1, -0.05) is 18.2 Å². The van der Waals surface area contributed by atoms with Gasteiger partial charge in [-0.2, -0.15) is 5.26 Å². The number of nitrogens with zero attached hydrogens (tertiary/aromatic N) is 2. The van der Waals surface area contributed by atoms with Crippen LogP contribution in [0.4, 0.5) is 4.79 Å². The molecule has 0 aliphatic carbocycles. The maximum atomic E-state index is 12.9. The van der Waals surface area contributed by atoms with Crippen LogP contribution in [0.5, 0.6) is 5.75 Å². The minimum absolute atomic E-state index is 0.279. The van der Waals surface area contributed by atoms with Crippen molar-refractivity contribution in [1.82, 2.24) is 10.2 Å². The van der Waals surface area contributed by atoms with Crippen LogP contribution >= 0.6 is 0 Å². The van der Waals surface area contributed by atoms with Crippen LogP contribution < -0.4 is 10.1 Å². The number of urea groups is 1. The Morgan fingerprint density at radius 1 is 1.11 bits per heavy atom. The molecule has 6 heteroatoms. The highest BCUT2D eigenvalue weighted by atomic mass is 16.5. The molecule has 2 aromatic rings. The highest BCUT2D eigenvalue weighted by Gasteiger charge is 2.48. The van der Waals surface area contributed by atoms with Crippen molar-refractivity contribution in [1.29, 1.82) is 5.26 Å². The van der Waals surface area contributed by atoms with Crippen molar-refractivity contribution >= 4 is 11.9 Å². The van der Waals surface area contributed by atoms with Crippen LogP contribution in [0.15, 0.2) is 42.5 Å². The third kappa shape index (κ3) is 3.70. The number of benzene rings is 2. The molecule has 0 radical (unpaired) electrons. The van der Waals surface area contributed by atoms with Crippen LogP contribution in [-0.2, 0) is 10.3 Å². The molecule has 0 aromatic heterocycles. The first kappa shape index (κ1) is 19.4. The third-order valence-corrected chi connectivity index (χ3v) is 5.14. The van der Waals surface area contributed by atoms with E-state index in [1.807, 2.05) is 38.1 Å². The van der Waals surface area contributed by atoms with Gasteiger partial charge in [0.1, 0.15) is 11.3 Å². The first-order valence-electron chi connectivity index (χ1n) is 9.20. The number of hydrogen-bond acceptors (Lipinski definition) is 4. The van der Waals surface area contributed by atoms with Gasteiger partial charge in [-0.05, 0) is 68.1 Å². The smallest absolute Gasteiger partial charge is 0.325 e. The normalized spacial score (nSPS) is 18.7. The van der Waals surface area contributed by atoms with Gasteiger partial charge < -0.3 is 10.1 Å². The Labute approximate surface area is 164 Å². The van der Waals surface area contributed by atoms with Crippen LogP contribution in [0, 0.1) is 25.2 Å². The summed E-state index contributed by atoms with van der Waals surface area (Å²) in [6.45, 7) is 6.44. The zero-order valence-electron chi connectivity index (χ0n) is 16.3. The van der Waals surface area contributed by atoms with Crippen molar-refractivity contribution in [2.75, 3.05) is 13.2 Å². The van der Waals surface area contributed by atoms with Gasteiger partial charge in [0.15, 0.2) is 0 Å². The molecule has 144 valence electrons. The summed E-state index contributed by atoms with van der Waals surface area (Å²) in [5, 5.41) is 11.7. The molecule has 6 nitrogen and oxygen atoms in total. The van der Waals surface area contributed by atoms with Crippen molar-refractivity contribution in [3.63, 3.8) is 0 Å². The second-order valence-corrected chi connectivity index (χ2v) is 7.15. The molecule has 0 spiro atoms. The Kier molecular flexibility index (Phi) is 5.36. The van der Waals surface area contributed by atoms with E-state index in [-0.39, 0.29) is 12.5 Å². The van der Waals surface area contributed by atoms with E-state index >= 15 is 0 Å². The van der Waals surface area contributed by atoms with E-state index in [4.69, 9.17) is 10.00 Å². The monoisotopic (exact) mass is 377 g/mol. The molecule has 1 heterocycles. The fourth-order valence-electron chi connectivity index (χ4n) is 3.19. The van der Waals surface area contributed by atoms with Gasteiger partial charge in [-0.25, -0.2) is 4.79 Å². The quantitative estimate of drug-likeness (QED) is 0.618. The van der Waals surface area contributed by atoms with E-state index in [1.165, 1.54) is 10.5 Å². The molecule has 3 amide bonds. The second-order valence-electron chi connectivity index (χ2n) is 7.15. The van der Waals surface area contributed by atoms with E-state index in [1.54, 1.807) is 31.2 Å². The number of carbonyl (C=O) groups excluding carboxylic acids is 2. The predicted molar refractivity (Wildman–Crippen MR) is 105 cm³/mol. The Morgan fingerprint density at radius 2 is 1.82 bits per heavy atom. The van der Waals surface area contributed by atoms with Gasteiger partial charge in [0.2, 0.25) is 0 Å². The summed E-state index contributed by atoms with van der Waals surface area (Å²) in [6.07, 6.45) is 0.537. The molecule has 3 rings (SSSR count). The van der Waals surface area contributed by atoms with E-state index in [2.05, 4.69) is 5.32 Å². The summed E-state index contributed by atoms with van der Waals surface area (Å²) in [5.74, 6) is 0.483. The van der Waals surface area contributed by atoms with Gasteiger partial charge in [0.05, 0.1) is 18.2 Å². The number of nitrogens with one attached hydrogen (secondary N) is 1. The number of amides is 3. The Morgan fingerprint density at radius 3 is 2.46 bits per heavy atom. The summed E-state index contributed by atoms with van der Waals surface area (Å²) in [4.78, 5) is 26.4. The third-order valence-electron chi connectivity index (χ3n) is 5.14. The first-order valence-corrected chi connectivity index (χ1v) is 9.20. The second kappa shape index (κ2) is 7.73. The number of imide groups is 1. The topological polar surface area (TPSA) is 82.4 Å². The lowest BCUT2D eigenvalue weighted by atomic mass is 9.91. The summed E-state index contributed by atoms with van der Waals surface area (Å²) in [7, 11) is 0. The number of aryl methyl sites for hydroxylation is 2. The lowest BCUT2D eigenvalue weighted by Gasteiger charge is -2.22. The maximum absolute atomic E-state index is 12.9. The SMILES string of the molecule is Cc1ccc(OCCCN2C(=O)NC(C)(c3ccc(C#N)cc3)C2=O)cc1C. The summed E-state index contributed by atoms with van der Waals surface area (Å²) in [6, 6.07) is 14.2. The molecule has 1 saturated heterocycles. The summed E-state index contributed by atoms with van der Waals surface area (Å²) < 4.78 is 5.73. The standard InChI is InChI=1S/C22H23N3O3/c1-15-5-10-19(13-16(15)2)28-12-4-11-25-20(26)22(3,24-21(25)27)18-8-6-17(14-23)7-9-18/h5-10,13H,4,11-12H2,1-3H3,(H,24,27). The van der Waals surface area contributed by atoms with Crippen LogP contribution in [-0.4, -0.2) is 30.0 Å². The van der Waals surface area contributed by atoms with Crippen molar-refractivity contribution in [2.24, 2.45) is 0 Å². The lowest BCUT2D eigenvalue weighted by molar-refractivity contribution is -0.131. The zero-order valence-corrected chi connectivity index (χ0v) is 16.3. The molecule has 0 bridgehead atoms. The molecule has 1 aliphatic rings.